The van der Waals surface area contributed by atoms with Crippen LogP contribution in [-0.2, 0) is 6.61 Å². The van der Waals surface area contributed by atoms with E-state index in [1.54, 1.807) is 30.3 Å². The summed E-state index contributed by atoms with van der Waals surface area (Å²) in [6, 6.07) is 16.4. The van der Waals surface area contributed by atoms with Crippen LogP contribution in [0.3, 0.4) is 0 Å². The van der Waals surface area contributed by atoms with Crippen molar-refractivity contribution in [3.8, 4) is 17.2 Å². The van der Waals surface area contributed by atoms with Crippen molar-refractivity contribution in [3.63, 3.8) is 0 Å². The Labute approximate surface area is 170 Å². The lowest BCUT2D eigenvalue weighted by molar-refractivity contribution is 0.104. The van der Waals surface area contributed by atoms with Gasteiger partial charge in [-0.3, -0.25) is 4.79 Å². The van der Waals surface area contributed by atoms with Crippen LogP contribution in [0, 0.1) is 0 Å². The van der Waals surface area contributed by atoms with Crippen molar-refractivity contribution in [2.75, 3.05) is 13.2 Å². The lowest BCUT2D eigenvalue weighted by Crippen LogP contribution is -2.15. The van der Waals surface area contributed by atoms with E-state index in [9.17, 15) is 4.79 Å². The van der Waals surface area contributed by atoms with Crippen molar-refractivity contribution in [2.45, 2.75) is 6.61 Å². The molecule has 4 rings (SSSR count). The fourth-order valence-electron chi connectivity index (χ4n) is 2.70. The zero-order valence-corrected chi connectivity index (χ0v) is 16.5. The van der Waals surface area contributed by atoms with Crippen molar-refractivity contribution in [1.29, 1.82) is 0 Å². The highest BCUT2D eigenvalue weighted by molar-refractivity contribution is 9.10. The molecule has 2 aromatic carbocycles. The average Bonchev–Trinajstić information content (AvgIpc) is 3.19. The van der Waals surface area contributed by atoms with Crippen molar-refractivity contribution in [2.24, 2.45) is 0 Å². The number of carbonyl (C=O) groups is 1. The maximum Gasteiger partial charge on any atom is 0.186 e. The zero-order chi connectivity index (χ0) is 19.3. The number of allylic oxidation sites excluding steroid dienone is 1. The standard InChI is InChI=1S/C22H17BrO5/c23-16-2-4-17(5-3-16)27-14-19-7-6-18(28-19)8-9-20(24)15-1-10-21-22(13-15)26-12-11-25-21/h1-10,13H,11-12,14H2/b9-8+. The summed E-state index contributed by atoms with van der Waals surface area (Å²) in [5, 5.41) is 0. The third-order valence-corrected chi connectivity index (χ3v) is 4.63. The average molecular weight is 441 g/mol. The number of ketones is 1. The summed E-state index contributed by atoms with van der Waals surface area (Å²) >= 11 is 3.39. The van der Waals surface area contributed by atoms with Gasteiger partial charge >= 0.3 is 0 Å². The molecule has 2 heterocycles. The second-order valence-electron chi connectivity index (χ2n) is 6.10. The van der Waals surface area contributed by atoms with Crippen LogP contribution in [0.5, 0.6) is 17.2 Å². The molecule has 0 N–H and O–H groups in total. The van der Waals surface area contributed by atoms with E-state index in [-0.39, 0.29) is 5.78 Å². The number of benzene rings is 2. The second kappa shape index (κ2) is 8.35. The van der Waals surface area contributed by atoms with E-state index in [4.69, 9.17) is 18.6 Å². The second-order valence-corrected chi connectivity index (χ2v) is 7.02. The first-order valence-electron chi connectivity index (χ1n) is 8.76. The summed E-state index contributed by atoms with van der Waals surface area (Å²) < 4.78 is 23.3. The topological polar surface area (TPSA) is 57.9 Å². The summed E-state index contributed by atoms with van der Waals surface area (Å²) in [5.74, 6) is 3.13. The Morgan fingerprint density at radius 3 is 2.61 bits per heavy atom. The number of carbonyl (C=O) groups excluding carboxylic acids is 1. The van der Waals surface area contributed by atoms with E-state index >= 15 is 0 Å². The maximum absolute atomic E-state index is 12.4. The number of halogens is 1. The molecule has 3 aromatic rings. The number of furan rings is 1. The van der Waals surface area contributed by atoms with Crippen molar-refractivity contribution < 1.29 is 23.4 Å². The minimum Gasteiger partial charge on any atom is -0.486 e. The van der Waals surface area contributed by atoms with Gasteiger partial charge < -0.3 is 18.6 Å². The van der Waals surface area contributed by atoms with Gasteiger partial charge in [-0.15, -0.1) is 0 Å². The molecule has 0 saturated heterocycles. The molecule has 0 radical (unpaired) electrons. The van der Waals surface area contributed by atoms with Crippen LogP contribution in [0.15, 0.2) is 69.6 Å². The summed E-state index contributed by atoms with van der Waals surface area (Å²) in [5.41, 5.74) is 0.533. The highest BCUT2D eigenvalue weighted by Gasteiger charge is 2.13. The largest absolute Gasteiger partial charge is 0.486 e. The van der Waals surface area contributed by atoms with Gasteiger partial charge in [0.15, 0.2) is 17.3 Å². The molecular formula is C22H17BrO5. The predicted molar refractivity (Wildman–Crippen MR) is 108 cm³/mol. The normalized spacial score (nSPS) is 12.9. The Kier molecular flexibility index (Phi) is 5.48. The zero-order valence-electron chi connectivity index (χ0n) is 14.9. The number of hydrogen-bond acceptors (Lipinski definition) is 5. The Bertz CT molecular complexity index is 1000. The lowest BCUT2D eigenvalue weighted by Gasteiger charge is -2.18. The third-order valence-electron chi connectivity index (χ3n) is 4.10. The molecule has 0 amide bonds. The SMILES string of the molecule is O=C(/C=C/c1ccc(COc2ccc(Br)cc2)o1)c1ccc2c(c1)OCCO2. The van der Waals surface area contributed by atoms with Gasteiger partial charge in [0, 0.05) is 10.0 Å². The molecule has 0 unspecified atom stereocenters. The molecule has 28 heavy (non-hydrogen) atoms. The maximum atomic E-state index is 12.4. The molecule has 0 fully saturated rings. The van der Waals surface area contributed by atoms with Gasteiger partial charge in [-0.2, -0.15) is 0 Å². The van der Waals surface area contributed by atoms with E-state index in [1.165, 1.54) is 6.08 Å². The van der Waals surface area contributed by atoms with Crippen molar-refractivity contribution >= 4 is 27.8 Å². The molecule has 0 atom stereocenters. The minimum atomic E-state index is -0.138. The van der Waals surface area contributed by atoms with Gasteiger partial charge in [0.1, 0.15) is 37.1 Å². The Morgan fingerprint density at radius 1 is 1.00 bits per heavy atom. The molecule has 5 nitrogen and oxygen atoms in total. The summed E-state index contributed by atoms with van der Waals surface area (Å²) in [6.45, 7) is 1.32. The minimum absolute atomic E-state index is 0.138. The Hall–Kier alpha value is -2.99. The molecule has 0 spiro atoms. The fourth-order valence-corrected chi connectivity index (χ4v) is 2.96. The van der Waals surface area contributed by atoms with E-state index in [0.29, 0.717) is 48.4 Å². The van der Waals surface area contributed by atoms with Crippen LogP contribution in [0.4, 0.5) is 0 Å². The molecular weight excluding hydrogens is 424 g/mol. The first-order valence-corrected chi connectivity index (χ1v) is 9.56. The highest BCUT2D eigenvalue weighted by atomic mass is 79.9. The van der Waals surface area contributed by atoms with E-state index in [0.717, 1.165) is 10.2 Å². The molecule has 0 saturated carbocycles. The molecule has 1 aliphatic heterocycles. The third kappa shape index (κ3) is 4.46. The molecule has 1 aromatic heterocycles. The number of hydrogen-bond donors (Lipinski definition) is 0. The van der Waals surface area contributed by atoms with Gasteiger partial charge in [-0.1, -0.05) is 15.9 Å². The highest BCUT2D eigenvalue weighted by Crippen LogP contribution is 2.31. The molecule has 142 valence electrons. The number of ether oxygens (including phenoxy) is 3. The van der Waals surface area contributed by atoms with Gasteiger partial charge in [0.25, 0.3) is 0 Å². The van der Waals surface area contributed by atoms with Gasteiger partial charge in [-0.25, -0.2) is 0 Å². The van der Waals surface area contributed by atoms with E-state index in [2.05, 4.69) is 15.9 Å². The lowest BCUT2D eigenvalue weighted by atomic mass is 10.1. The number of fused-ring (bicyclic) bond motifs is 1. The van der Waals surface area contributed by atoms with Crippen LogP contribution < -0.4 is 14.2 Å². The van der Waals surface area contributed by atoms with Crippen LogP contribution in [0.25, 0.3) is 6.08 Å². The first-order chi connectivity index (χ1) is 13.7. The van der Waals surface area contributed by atoms with E-state index < -0.39 is 0 Å². The van der Waals surface area contributed by atoms with Crippen LogP contribution in [-0.4, -0.2) is 19.0 Å². The van der Waals surface area contributed by atoms with Crippen molar-refractivity contribution in [1.82, 2.24) is 0 Å². The molecule has 0 aliphatic carbocycles. The fraction of sp³-hybridized carbons (Fsp3) is 0.136. The summed E-state index contributed by atoms with van der Waals surface area (Å²) in [6.07, 6.45) is 3.12. The summed E-state index contributed by atoms with van der Waals surface area (Å²) in [4.78, 5) is 12.4. The summed E-state index contributed by atoms with van der Waals surface area (Å²) in [7, 11) is 0. The Morgan fingerprint density at radius 2 is 1.79 bits per heavy atom. The van der Waals surface area contributed by atoms with Crippen LogP contribution in [0.1, 0.15) is 21.9 Å². The van der Waals surface area contributed by atoms with Crippen molar-refractivity contribution in [3.05, 3.63) is 82.2 Å². The molecule has 0 bridgehead atoms. The van der Waals surface area contributed by atoms with Gasteiger partial charge in [0.2, 0.25) is 0 Å². The van der Waals surface area contributed by atoms with Gasteiger partial charge in [-0.05, 0) is 66.7 Å². The van der Waals surface area contributed by atoms with Gasteiger partial charge in [0.05, 0.1) is 0 Å². The van der Waals surface area contributed by atoms with Crippen LogP contribution >= 0.6 is 15.9 Å². The van der Waals surface area contributed by atoms with Crippen LogP contribution in [0.2, 0.25) is 0 Å². The monoisotopic (exact) mass is 440 g/mol. The smallest absolute Gasteiger partial charge is 0.186 e. The predicted octanol–water partition coefficient (Wildman–Crippen LogP) is 5.29. The first kappa shape index (κ1) is 18.4. The molecule has 6 heteroatoms. The molecule has 1 aliphatic rings. The quantitative estimate of drug-likeness (QED) is 0.385. The number of rotatable bonds is 6. The van der Waals surface area contributed by atoms with E-state index in [1.807, 2.05) is 30.3 Å². The Balaban J connectivity index is 1.37.